The second kappa shape index (κ2) is 7.18. The number of piperazine rings is 1. The summed E-state index contributed by atoms with van der Waals surface area (Å²) in [6, 6.07) is 5.69. The van der Waals surface area contributed by atoms with Crippen LogP contribution in [0.25, 0.3) is 0 Å². The maximum atomic E-state index is 13.2. The molecule has 3 aliphatic rings. The predicted molar refractivity (Wildman–Crippen MR) is 97.8 cm³/mol. The predicted octanol–water partition coefficient (Wildman–Crippen LogP) is 1.87. The first-order chi connectivity index (χ1) is 13.1. The summed E-state index contributed by atoms with van der Waals surface area (Å²) in [6.07, 6.45) is 6.66. The van der Waals surface area contributed by atoms with Crippen molar-refractivity contribution >= 4 is 17.7 Å². The molecule has 1 saturated carbocycles. The molecule has 7 heteroatoms. The van der Waals surface area contributed by atoms with Crippen molar-refractivity contribution in [2.75, 3.05) is 31.1 Å². The van der Waals surface area contributed by atoms with E-state index in [0.29, 0.717) is 37.6 Å². The minimum Gasteiger partial charge on any atom is -0.458 e. The summed E-state index contributed by atoms with van der Waals surface area (Å²) in [5.41, 5.74) is -0.0216. The molecule has 0 radical (unpaired) electrons. The number of carbonyl (C=O) groups excluding carboxylic acids is 2. The number of pyridine rings is 1. The van der Waals surface area contributed by atoms with Crippen LogP contribution >= 0.6 is 0 Å². The van der Waals surface area contributed by atoms with Crippen LogP contribution in [0.3, 0.4) is 0 Å². The van der Waals surface area contributed by atoms with Gasteiger partial charge in [-0.15, -0.1) is 0 Å². The molecule has 0 bridgehead atoms. The van der Waals surface area contributed by atoms with Crippen LogP contribution in [0.4, 0.5) is 5.82 Å². The Kier molecular flexibility index (Phi) is 4.73. The number of anilines is 1. The van der Waals surface area contributed by atoms with Gasteiger partial charge in [0.2, 0.25) is 5.91 Å². The molecular weight excluding hydrogens is 344 g/mol. The Labute approximate surface area is 158 Å². The lowest BCUT2D eigenvalue weighted by molar-refractivity contribution is -0.155. The van der Waals surface area contributed by atoms with Crippen molar-refractivity contribution in [3.05, 3.63) is 23.9 Å². The number of esters is 1. The van der Waals surface area contributed by atoms with Crippen LogP contribution in [-0.4, -0.2) is 53.5 Å². The normalized spacial score (nSPS) is 24.6. The van der Waals surface area contributed by atoms with Crippen LogP contribution in [0, 0.1) is 17.2 Å². The number of nitrogens with zero attached hydrogens (tertiary/aromatic N) is 4. The van der Waals surface area contributed by atoms with Gasteiger partial charge in [-0.3, -0.25) is 9.59 Å². The first-order valence-corrected chi connectivity index (χ1v) is 9.74. The molecule has 7 nitrogen and oxygen atoms in total. The third kappa shape index (κ3) is 3.25. The smallest absolute Gasteiger partial charge is 0.307 e. The molecular formula is C20H24N4O3. The second-order valence-electron chi connectivity index (χ2n) is 7.65. The van der Waals surface area contributed by atoms with Crippen molar-refractivity contribution in [2.45, 2.75) is 44.1 Å². The van der Waals surface area contributed by atoms with Gasteiger partial charge < -0.3 is 14.5 Å². The highest BCUT2D eigenvalue weighted by Crippen LogP contribution is 2.45. The van der Waals surface area contributed by atoms with Gasteiger partial charge in [0.05, 0.1) is 17.9 Å². The molecule has 3 fully saturated rings. The summed E-state index contributed by atoms with van der Waals surface area (Å²) in [5, 5.41) is 9.27. The van der Waals surface area contributed by atoms with Gasteiger partial charge >= 0.3 is 5.97 Å². The minimum atomic E-state index is -0.571. The summed E-state index contributed by atoms with van der Waals surface area (Å²) in [7, 11) is 0. The van der Waals surface area contributed by atoms with E-state index in [9.17, 15) is 14.9 Å². The van der Waals surface area contributed by atoms with Crippen LogP contribution in [-0.2, 0) is 14.3 Å². The van der Waals surface area contributed by atoms with Gasteiger partial charge in [0.25, 0.3) is 0 Å². The number of ether oxygens (including phenoxy) is 1. The number of rotatable bonds is 2. The van der Waals surface area contributed by atoms with Gasteiger partial charge in [0.1, 0.15) is 17.5 Å². The summed E-state index contributed by atoms with van der Waals surface area (Å²) in [6.45, 7) is 2.40. The fourth-order valence-electron chi connectivity index (χ4n) is 4.70. The Morgan fingerprint density at radius 2 is 1.96 bits per heavy atom. The average Bonchev–Trinajstić information content (AvgIpc) is 3.03. The van der Waals surface area contributed by atoms with Gasteiger partial charge in [-0.05, 0) is 37.8 Å². The quantitative estimate of drug-likeness (QED) is 0.741. The zero-order chi connectivity index (χ0) is 18.9. The lowest BCUT2D eigenvalue weighted by Gasteiger charge is -2.41. The third-order valence-electron chi connectivity index (χ3n) is 6.12. The Balaban J connectivity index is 1.44. The number of amides is 1. The van der Waals surface area contributed by atoms with E-state index in [1.165, 1.54) is 0 Å². The van der Waals surface area contributed by atoms with Crippen molar-refractivity contribution in [2.24, 2.45) is 5.92 Å². The molecule has 27 heavy (non-hydrogen) atoms. The fraction of sp³-hybridized carbons (Fsp3) is 0.600. The molecule has 0 unspecified atom stereocenters. The van der Waals surface area contributed by atoms with Crippen molar-refractivity contribution in [3.63, 3.8) is 0 Å². The zero-order valence-corrected chi connectivity index (χ0v) is 15.4. The highest BCUT2D eigenvalue weighted by Gasteiger charge is 2.53. The van der Waals surface area contributed by atoms with Gasteiger partial charge in [-0.1, -0.05) is 6.42 Å². The average molecular weight is 368 g/mol. The highest BCUT2D eigenvalue weighted by molar-refractivity contribution is 5.88. The van der Waals surface area contributed by atoms with Gasteiger partial charge in [0, 0.05) is 32.4 Å². The summed E-state index contributed by atoms with van der Waals surface area (Å²) >= 11 is 0. The Bertz CT molecular complexity index is 774. The second-order valence-corrected chi connectivity index (χ2v) is 7.65. The molecule has 1 aliphatic carbocycles. The van der Waals surface area contributed by atoms with Gasteiger partial charge in [0.15, 0.2) is 0 Å². The zero-order valence-electron chi connectivity index (χ0n) is 15.4. The monoisotopic (exact) mass is 368 g/mol. The summed E-state index contributed by atoms with van der Waals surface area (Å²) in [4.78, 5) is 33.4. The molecule has 142 valence electrons. The van der Waals surface area contributed by atoms with Crippen molar-refractivity contribution in [1.82, 2.24) is 9.88 Å². The minimum absolute atomic E-state index is 0.0453. The maximum absolute atomic E-state index is 13.2. The van der Waals surface area contributed by atoms with Crippen molar-refractivity contribution in [3.8, 4) is 6.07 Å². The van der Waals surface area contributed by atoms with E-state index in [1.54, 1.807) is 18.3 Å². The van der Waals surface area contributed by atoms with Crippen LogP contribution in [0.15, 0.2) is 18.3 Å². The first kappa shape index (κ1) is 17.8. The first-order valence-electron chi connectivity index (χ1n) is 9.74. The standard InChI is InChI=1S/C20H24N4O3/c21-14-15-5-4-8-22-18(15)23-9-11-24(12-10-23)19(26)16-13-17(25)27-20(16)6-2-1-3-7-20/h4-5,8,16H,1-3,6-7,9-13H2/t16-/m1/s1. The van der Waals surface area contributed by atoms with E-state index < -0.39 is 5.60 Å². The fourth-order valence-corrected chi connectivity index (χ4v) is 4.70. The van der Waals surface area contributed by atoms with Gasteiger partial charge in [-0.25, -0.2) is 4.98 Å². The molecule has 0 aromatic carbocycles. The number of hydrogen-bond acceptors (Lipinski definition) is 6. The topological polar surface area (TPSA) is 86.5 Å². The number of aromatic nitrogens is 1. The molecule has 0 N–H and O–H groups in total. The Morgan fingerprint density at radius 1 is 1.22 bits per heavy atom. The van der Waals surface area contributed by atoms with E-state index in [1.807, 2.05) is 4.90 Å². The molecule has 2 aliphatic heterocycles. The van der Waals surface area contributed by atoms with E-state index in [4.69, 9.17) is 4.74 Å². The molecule has 3 heterocycles. The van der Waals surface area contributed by atoms with Crippen LogP contribution in [0.2, 0.25) is 0 Å². The van der Waals surface area contributed by atoms with E-state index in [2.05, 4.69) is 16.0 Å². The summed E-state index contributed by atoms with van der Waals surface area (Å²) < 4.78 is 5.69. The lowest BCUT2D eigenvalue weighted by atomic mass is 9.75. The molecule has 1 aromatic rings. The van der Waals surface area contributed by atoms with Crippen molar-refractivity contribution in [1.29, 1.82) is 5.26 Å². The van der Waals surface area contributed by atoms with Crippen molar-refractivity contribution < 1.29 is 14.3 Å². The SMILES string of the molecule is N#Cc1cccnc1N1CCN(C(=O)[C@H]2CC(=O)OC23CCCCC3)CC1. The maximum Gasteiger partial charge on any atom is 0.307 e. The molecule has 1 spiro atoms. The Hall–Kier alpha value is -2.62. The van der Waals surface area contributed by atoms with Crippen LogP contribution in [0.5, 0.6) is 0 Å². The molecule has 4 rings (SSSR count). The Morgan fingerprint density at radius 3 is 2.67 bits per heavy atom. The lowest BCUT2D eigenvalue weighted by Crippen LogP contribution is -2.54. The van der Waals surface area contributed by atoms with Gasteiger partial charge in [-0.2, -0.15) is 5.26 Å². The van der Waals surface area contributed by atoms with Crippen LogP contribution in [0.1, 0.15) is 44.1 Å². The number of hydrogen-bond donors (Lipinski definition) is 0. The molecule has 1 aromatic heterocycles. The molecule has 1 amide bonds. The third-order valence-corrected chi connectivity index (χ3v) is 6.12. The number of carbonyl (C=O) groups is 2. The highest BCUT2D eigenvalue weighted by atomic mass is 16.6. The van der Waals surface area contributed by atoms with E-state index in [-0.39, 0.29) is 24.2 Å². The summed E-state index contributed by atoms with van der Waals surface area (Å²) in [5.74, 6) is 0.140. The molecule has 1 atom stereocenters. The van der Waals surface area contributed by atoms with Crippen LogP contribution < -0.4 is 4.90 Å². The largest absolute Gasteiger partial charge is 0.458 e. The number of nitriles is 1. The van der Waals surface area contributed by atoms with E-state index in [0.717, 1.165) is 32.1 Å². The van der Waals surface area contributed by atoms with E-state index >= 15 is 0 Å². The molecule has 2 saturated heterocycles.